The fourth-order valence-electron chi connectivity index (χ4n) is 5.50. The van der Waals surface area contributed by atoms with Gasteiger partial charge in [-0.05, 0) is 48.5 Å². The molecule has 0 aliphatic carbocycles. The maximum atomic E-state index is 10.4. The molecule has 2 aromatic heterocycles. The topological polar surface area (TPSA) is 191 Å². The fraction of sp³-hybridized carbons (Fsp3) is 0.0278. The van der Waals surface area contributed by atoms with Crippen LogP contribution >= 0.6 is 0 Å². The van der Waals surface area contributed by atoms with Crippen molar-refractivity contribution in [3.63, 3.8) is 0 Å². The zero-order valence-corrected chi connectivity index (χ0v) is 25.3. The predicted octanol–water partition coefficient (Wildman–Crippen LogP) is 5.82. The van der Waals surface area contributed by atoms with Crippen molar-refractivity contribution >= 4 is 28.6 Å². The van der Waals surface area contributed by atoms with Gasteiger partial charge in [0, 0.05) is 22.3 Å². The number of nitrogens with zero attached hydrogens (tertiary/aromatic N) is 7. The van der Waals surface area contributed by atoms with E-state index in [9.17, 15) is 20.4 Å². The van der Waals surface area contributed by atoms with E-state index in [1.807, 2.05) is 97.1 Å². The number of aromatic hydroxyl groups is 2. The van der Waals surface area contributed by atoms with Gasteiger partial charge in [-0.1, -0.05) is 60.7 Å². The molecule has 4 aromatic carbocycles. The zero-order valence-electron chi connectivity index (χ0n) is 25.3. The number of ether oxygens (including phenoxy) is 1. The Balaban J connectivity index is 1.08. The number of aliphatic hydroxyl groups excluding tert-OH is 2. The molecule has 6 aromatic rings. The molecule has 1 atom stereocenters. The average Bonchev–Trinajstić information content (AvgIpc) is 3.12. The number of amidine groups is 1. The van der Waals surface area contributed by atoms with E-state index in [1.54, 1.807) is 12.1 Å². The van der Waals surface area contributed by atoms with Crippen LogP contribution in [-0.2, 0) is 0 Å². The van der Waals surface area contributed by atoms with Crippen LogP contribution in [0.3, 0.4) is 0 Å². The molecule has 0 fully saturated rings. The first kappa shape index (κ1) is 29.3. The van der Waals surface area contributed by atoms with Gasteiger partial charge in [0.2, 0.25) is 11.8 Å². The van der Waals surface area contributed by atoms with E-state index in [0.29, 0.717) is 39.9 Å². The molecule has 2 aliphatic heterocycles. The monoisotopic (exact) mass is 648 g/mol. The number of hydrogen-bond acceptors (Lipinski definition) is 12. The van der Waals surface area contributed by atoms with Crippen LogP contribution in [0.4, 0.5) is 0 Å². The summed E-state index contributed by atoms with van der Waals surface area (Å²) >= 11 is 0. The first-order valence-corrected chi connectivity index (χ1v) is 15.0. The molecule has 4 heterocycles. The molecule has 0 saturated heterocycles. The van der Waals surface area contributed by atoms with Crippen molar-refractivity contribution in [2.24, 2.45) is 15.0 Å². The Hall–Kier alpha value is -7.15. The summed E-state index contributed by atoms with van der Waals surface area (Å²) < 4.78 is 6.16. The van der Waals surface area contributed by atoms with E-state index in [1.165, 1.54) is 0 Å². The minimum absolute atomic E-state index is 0.0594. The molecule has 0 saturated carbocycles. The van der Waals surface area contributed by atoms with Crippen molar-refractivity contribution in [1.29, 1.82) is 0 Å². The Bertz CT molecular complexity index is 2360. The van der Waals surface area contributed by atoms with Crippen LogP contribution in [0.15, 0.2) is 136 Å². The standard InChI is InChI=1S/C36H24N8O5/c45-33-29-32(42-36(48)43-33)40-28(25(37-29)19-7-3-1-4-8-19)22-13-17-24(18-14-22)49-23-15-11-21(12-16-23)26-27(20-9-5-2-6-10-20)39-31-30(38-26)34(46)44-35(47)41-31/h1-18,32,45H,(H2,42,43,48)(H2,39,41,44,46,47). The number of aliphatic hydroxyl groups is 2. The molecule has 2 aliphatic rings. The smallest absolute Gasteiger partial charge is 0.319 e. The van der Waals surface area contributed by atoms with Gasteiger partial charge in [0.05, 0.1) is 22.8 Å². The van der Waals surface area contributed by atoms with E-state index in [4.69, 9.17) is 9.73 Å². The van der Waals surface area contributed by atoms with Crippen molar-refractivity contribution in [1.82, 2.24) is 25.3 Å². The summed E-state index contributed by atoms with van der Waals surface area (Å²) in [5.41, 5.74) is 5.47. The number of fused-ring (bicyclic) bond motifs is 2. The van der Waals surface area contributed by atoms with E-state index >= 15 is 0 Å². The van der Waals surface area contributed by atoms with Crippen LogP contribution < -0.4 is 10.1 Å². The molecular weight excluding hydrogens is 624 g/mol. The maximum absolute atomic E-state index is 10.4. The van der Waals surface area contributed by atoms with Gasteiger partial charge in [-0.3, -0.25) is 4.99 Å². The van der Waals surface area contributed by atoms with Crippen molar-refractivity contribution in [2.75, 3.05) is 0 Å². The van der Waals surface area contributed by atoms with Crippen LogP contribution in [0.2, 0.25) is 0 Å². The van der Waals surface area contributed by atoms with E-state index < -0.39 is 30.0 Å². The summed E-state index contributed by atoms with van der Waals surface area (Å²) in [5, 5.41) is 43.2. The molecule has 0 radical (unpaired) electrons. The molecule has 0 bridgehead atoms. The first-order valence-electron chi connectivity index (χ1n) is 15.0. The summed E-state index contributed by atoms with van der Waals surface area (Å²) in [6.45, 7) is 0. The SMILES string of the molecule is OC1=NC(O)=C2N=C(c3ccccc3)C(c3ccc(Oc4ccc(-c5nc6c(O)nc(O)nc6nc5-c5ccccc5)cc4)cc3)=NC2N1. The lowest BCUT2D eigenvalue weighted by Gasteiger charge is -2.26. The first-order chi connectivity index (χ1) is 23.9. The van der Waals surface area contributed by atoms with Gasteiger partial charge in [-0.2, -0.15) is 15.0 Å². The molecule has 0 amide bonds. The molecule has 1 unspecified atom stereocenters. The zero-order chi connectivity index (χ0) is 33.5. The van der Waals surface area contributed by atoms with Crippen LogP contribution in [0.25, 0.3) is 33.7 Å². The average molecular weight is 649 g/mol. The predicted molar refractivity (Wildman–Crippen MR) is 182 cm³/mol. The minimum Gasteiger partial charge on any atom is -0.492 e. The lowest BCUT2D eigenvalue weighted by molar-refractivity contribution is 0.369. The van der Waals surface area contributed by atoms with Crippen molar-refractivity contribution < 1.29 is 25.2 Å². The number of aromatic nitrogens is 4. The highest BCUT2D eigenvalue weighted by atomic mass is 16.5. The van der Waals surface area contributed by atoms with Crippen molar-refractivity contribution in [2.45, 2.75) is 6.17 Å². The second kappa shape index (κ2) is 11.9. The molecule has 13 heteroatoms. The molecule has 238 valence electrons. The molecular formula is C36H24N8O5. The lowest BCUT2D eigenvalue weighted by atomic mass is 9.97. The normalized spacial score (nSPS) is 15.5. The summed E-state index contributed by atoms with van der Waals surface area (Å²) in [4.78, 5) is 29.9. The Morgan fingerprint density at radius 3 is 1.80 bits per heavy atom. The second-order valence-electron chi connectivity index (χ2n) is 11.0. The number of nitrogens with one attached hydrogen (secondary N) is 1. The van der Waals surface area contributed by atoms with Gasteiger partial charge in [-0.15, -0.1) is 0 Å². The third-order valence-corrected chi connectivity index (χ3v) is 7.77. The summed E-state index contributed by atoms with van der Waals surface area (Å²) in [5.74, 6) is 0.263. The highest BCUT2D eigenvalue weighted by Gasteiger charge is 2.31. The Labute approximate surface area is 277 Å². The number of benzene rings is 4. The Morgan fingerprint density at radius 1 is 0.551 bits per heavy atom. The van der Waals surface area contributed by atoms with Gasteiger partial charge in [0.15, 0.2) is 17.3 Å². The van der Waals surface area contributed by atoms with Crippen LogP contribution in [0.1, 0.15) is 11.1 Å². The molecule has 13 nitrogen and oxygen atoms in total. The molecule has 8 rings (SSSR count). The van der Waals surface area contributed by atoms with Gasteiger partial charge in [0.25, 0.3) is 6.02 Å². The maximum Gasteiger partial charge on any atom is 0.319 e. The lowest BCUT2D eigenvalue weighted by Crippen LogP contribution is -2.42. The van der Waals surface area contributed by atoms with Crippen LogP contribution in [0, 0.1) is 0 Å². The number of hydrogen-bond donors (Lipinski definition) is 5. The van der Waals surface area contributed by atoms with Crippen LogP contribution in [0.5, 0.6) is 23.4 Å². The van der Waals surface area contributed by atoms with Crippen molar-refractivity contribution in [3.8, 4) is 45.9 Å². The van der Waals surface area contributed by atoms with Crippen LogP contribution in [-0.4, -0.2) is 64.0 Å². The minimum atomic E-state index is -0.812. The van der Waals surface area contributed by atoms with Gasteiger partial charge < -0.3 is 30.5 Å². The molecule has 0 spiro atoms. The third kappa shape index (κ3) is 5.61. The highest BCUT2D eigenvalue weighted by molar-refractivity contribution is 6.54. The number of aliphatic imine (C=N–C) groups is 3. The summed E-state index contributed by atoms with van der Waals surface area (Å²) in [6.07, 6.45) is -0.812. The van der Waals surface area contributed by atoms with Gasteiger partial charge in [0.1, 0.15) is 17.2 Å². The fourth-order valence-corrected chi connectivity index (χ4v) is 5.50. The number of rotatable bonds is 6. The molecule has 5 N–H and O–H groups in total. The highest BCUT2D eigenvalue weighted by Crippen LogP contribution is 2.34. The van der Waals surface area contributed by atoms with Gasteiger partial charge in [-0.25, -0.2) is 15.0 Å². The summed E-state index contributed by atoms with van der Waals surface area (Å²) in [7, 11) is 0. The Morgan fingerprint density at radius 2 is 1.12 bits per heavy atom. The Kier molecular flexibility index (Phi) is 7.10. The van der Waals surface area contributed by atoms with E-state index in [-0.39, 0.29) is 16.9 Å². The second-order valence-corrected chi connectivity index (χ2v) is 11.0. The van der Waals surface area contributed by atoms with Crippen molar-refractivity contribution in [3.05, 3.63) is 132 Å². The molecule has 49 heavy (non-hydrogen) atoms. The van der Waals surface area contributed by atoms with E-state index in [2.05, 4.69) is 35.2 Å². The third-order valence-electron chi connectivity index (χ3n) is 7.77. The largest absolute Gasteiger partial charge is 0.492 e. The van der Waals surface area contributed by atoms with Gasteiger partial charge >= 0.3 is 6.01 Å². The quantitative estimate of drug-likeness (QED) is 0.147. The van der Waals surface area contributed by atoms with E-state index in [0.717, 1.165) is 16.7 Å². The summed E-state index contributed by atoms with van der Waals surface area (Å²) in [6, 6.07) is 32.5.